The van der Waals surface area contributed by atoms with Crippen LogP contribution in [-0.4, -0.2) is 22.3 Å². The first-order valence-corrected chi connectivity index (χ1v) is 9.29. The maximum absolute atomic E-state index is 12.7. The Morgan fingerprint density at radius 3 is 2.59 bits per heavy atom. The number of aromatic nitrogens is 2. The van der Waals surface area contributed by atoms with Crippen LogP contribution in [0.3, 0.4) is 0 Å². The van der Waals surface area contributed by atoms with Crippen molar-refractivity contribution in [1.29, 1.82) is 0 Å². The summed E-state index contributed by atoms with van der Waals surface area (Å²) in [5, 5.41) is 7.42. The smallest absolute Gasteiger partial charge is 0.255 e. The van der Waals surface area contributed by atoms with Crippen LogP contribution in [-0.2, 0) is 19.5 Å². The van der Waals surface area contributed by atoms with E-state index in [4.69, 9.17) is 4.74 Å². The molecule has 0 aliphatic heterocycles. The SMILES string of the molecule is CCOc1cccc(CNC(=O)c2cnn(Cc3ccccc3)c2CC)c1. The van der Waals surface area contributed by atoms with Crippen molar-refractivity contribution in [3.63, 3.8) is 0 Å². The summed E-state index contributed by atoms with van der Waals surface area (Å²) in [6.45, 7) is 5.73. The van der Waals surface area contributed by atoms with Gasteiger partial charge in [0.05, 0.1) is 30.6 Å². The highest BCUT2D eigenvalue weighted by Gasteiger charge is 2.16. The number of nitrogens with one attached hydrogen (secondary N) is 1. The Bertz CT molecular complexity index is 888. The molecule has 1 amide bonds. The van der Waals surface area contributed by atoms with E-state index in [2.05, 4.69) is 22.5 Å². The standard InChI is InChI=1S/C22H25N3O2/c1-3-21-20(15-24-25(21)16-17-9-6-5-7-10-17)22(26)23-14-18-11-8-12-19(13-18)27-4-2/h5-13,15H,3-4,14,16H2,1-2H3,(H,23,26). The second kappa shape index (κ2) is 9.03. The summed E-state index contributed by atoms with van der Waals surface area (Å²) in [6.07, 6.45) is 2.41. The van der Waals surface area contributed by atoms with Crippen molar-refractivity contribution in [2.24, 2.45) is 0 Å². The lowest BCUT2D eigenvalue weighted by Crippen LogP contribution is -2.24. The second-order valence-corrected chi connectivity index (χ2v) is 6.26. The van der Waals surface area contributed by atoms with E-state index in [9.17, 15) is 4.79 Å². The van der Waals surface area contributed by atoms with Crippen LogP contribution in [0.2, 0.25) is 0 Å². The average Bonchev–Trinajstić information content (AvgIpc) is 3.10. The van der Waals surface area contributed by atoms with Gasteiger partial charge in [-0.2, -0.15) is 5.10 Å². The maximum atomic E-state index is 12.7. The molecule has 5 nitrogen and oxygen atoms in total. The molecule has 0 aliphatic rings. The third-order valence-corrected chi connectivity index (χ3v) is 4.37. The van der Waals surface area contributed by atoms with E-state index in [0.717, 1.165) is 29.0 Å². The first-order chi connectivity index (χ1) is 13.2. The predicted molar refractivity (Wildman–Crippen MR) is 106 cm³/mol. The number of nitrogens with zero attached hydrogens (tertiary/aromatic N) is 2. The minimum absolute atomic E-state index is 0.104. The normalized spacial score (nSPS) is 10.6. The monoisotopic (exact) mass is 363 g/mol. The maximum Gasteiger partial charge on any atom is 0.255 e. The number of amides is 1. The molecule has 0 saturated heterocycles. The Hall–Kier alpha value is -3.08. The van der Waals surface area contributed by atoms with Gasteiger partial charge < -0.3 is 10.1 Å². The molecular formula is C22H25N3O2. The van der Waals surface area contributed by atoms with Crippen molar-refractivity contribution in [3.8, 4) is 5.75 Å². The van der Waals surface area contributed by atoms with Crippen LogP contribution in [0.1, 0.15) is 41.0 Å². The van der Waals surface area contributed by atoms with Crippen molar-refractivity contribution in [1.82, 2.24) is 15.1 Å². The van der Waals surface area contributed by atoms with Crippen LogP contribution in [0.15, 0.2) is 60.8 Å². The number of carbonyl (C=O) groups excluding carboxylic acids is 1. The van der Waals surface area contributed by atoms with E-state index >= 15 is 0 Å². The van der Waals surface area contributed by atoms with Gasteiger partial charge in [-0.1, -0.05) is 49.4 Å². The van der Waals surface area contributed by atoms with Gasteiger partial charge >= 0.3 is 0 Å². The van der Waals surface area contributed by atoms with Gasteiger partial charge in [-0.15, -0.1) is 0 Å². The fourth-order valence-corrected chi connectivity index (χ4v) is 3.06. The van der Waals surface area contributed by atoms with Gasteiger partial charge in [0.25, 0.3) is 5.91 Å². The molecule has 0 unspecified atom stereocenters. The molecule has 0 fully saturated rings. The lowest BCUT2D eigenvalue weighted by Gasteiger charge is -2.10. The fourth-order valence-electron chi connectivity index (χ4n) is 3.06. The third-order valence-electron chi connectivity index (χ3n) is 4.37. The zero-order chi connectivity index (χ0) is 19.1. The van der Waals surface area contributed by atoms with Gasteiger partial charge in [0, 0.05) is 6.54 Å². The molecule has 3 rings (SSSR count). The second-order valence-electron chi connectivity index (χ2n) is 6.26. The molecule has 2 aromatic carbocycles. The largest absolute Gasteiger partial charge is 0.494 e. The van der Waals surface area contributed by atoms with Gasteiger partial charge in [-0.3, -0.25) is 9.48 Å². The molecule has 0 saturated carbocycles. The highest BCUT2D eigenvalue weighted by atomic mass is 16.5. The number of hydrogen-bond donors (Lipinski definition) is 1. The van der Waals surface area contributed by atoms with E-state index in [1.54, 1.807) is 6.20 Å². The highest BCUT2D eigenvalue weighted by Crippen LogP contribution is 2.15. The van der Waals surface area contributed by atoms with Crippen LogP contribution in [0.4, 0.5) is 0 Å². The minimum atomic E-state index is -0.104. The predicted octanol–water partition coefficient (Wildman–Crippen LogP) is 3.82. The Kier molecular flexibility index (Phi) is 6.26. The first kappa shape index (κ1) is 18.7. The van der Waals surface area contributed by atoms with Crippen molar-refractivity contribution in [2.45, 2.75) is 33.4 Å². The Balaban J connectivity index is 1.69. The average molecular weight is 363 g/mol. The van der Waals surface area contributed by atoms with Crippen LogP contribution in [0.25, 0.3) is 0 Å². The topological polar surface area (TPSA) is 56.1 Å². The fraction of sp³-hybridized carbons (Fsp3) is 0.273. The molecule has 1 aromatic heterocycles. The van der Waals surface area contributed by atoms with Gasteiger partial charge in [0.2, 0.25) is 0 Å². The molecule has 27 heavy (non-hydrogen) atoms. The van der Waals surface area contributed by atoms with Gasteiger partial charge in [0.15, 0.2) is 0 Å². The summed E-state index contributed by atoms with van der Waals surface area (Å²) < 4.78 is 7.41. The molecule has 0 bridgehead atoms. The molecule has 1 heterocycles. The quantitative estimate of drug-likeness (QED) is 0.662. The van der Waals surface area contributed by atoms with Crippen LogP contribution in [0.5, 0.6) is 5.75 Å². The summed E-state index contributed by atoms with van der Waals surface area (Å²) >= 11 is 0. The zero-order valence-corrected chi connectivity index (χ0v) is 15.8. The van der Waals surface area contributed by atoms with Gasteiger partial charge in [-0.25, -0.2) is 0 Å². The van der Waals surface area contributed by atoms with Gasteiger partial charge in [0.1, 0.15) is 5.75 Å². The van der Waals surface area contributed by atoms with Crippen LogP contribution < -0.4 is 10.1 Å². The van der Waals surface area contributed by atoms with Crippen molar-refractivity contribution in [3.05, 3.63) is 83.2 Å². The number of benzene rings is 2. The third kappa shape index (κ3) is 4.76. The molecule has 0 radical (unpaired) electrons. The highest BCUT2D eigenvalue weighted by molar-refractivity contribution is 5.95. The van der Waals surface area contributed by atoms with Crippen LogP contribution >= 0.6 is 0 Å². The molecule has 3 aromatic rings. The van der Waals surface area contributed by atoms with Crippen molar-refractivity contribution in [2.75, 3.05) is 6.61 Å². The van der Waals surface area contributed by atoms with E-state index in [1.807, 2.05) is 61.0 Å². The summed E-state index contributed by atoms with van der Waals surface area (Å²) in [5.74, 6) is 0.710. The number of rotatable bonds is 8. The summed E-state index contributed by atoms with van der Waals surface area (Å²) in [5.41, 5.74) is 3.74. The molecule has 0 atom stereocenters. The van der Waals surface area contributed by atoms with Gasteiger partial charge in [-0.05, 0) is 36.6 Å². The molecule has 140 valence electrons. The molecule has 0 aliphatic carbocycles. The van der Waals surface area contributed by atoms with E-state index in [-0.39, 0.29) is 5.91 Å². The van der Waals surface area contributed by atoms with E-state index in [1.165, 1.54) is 0 Å². The first-order valence-electron chi connectivity index (χ1n) is 9.29. The summed E-state index contributed by atoms with van der Waals surface area (Å²) in [7, 11) is 0. The van der Waals surface area contributed by atoms with Crippen molar-refractivity contribution >= 4 is 5.91 Å². The molecule has 1 N–H and O–H groups in total. The lowest BCUT2D eigenvalue weighted by atomic mass is 10.1. The molecule has 5 heteroatoms. The summed E-state index contributed by atoms with van der Waals surface area (Å²) in [4.78, 5) is 12.7. The minimum Gasteiger partial charge on any atom is -0.494 e. The molecular weight excluding hydrogens is 338 g/mol. The zero-order valence-electron chi connectivity index (χ0n) is 15.8. The molecule has 0 spiro atoms. The number of ether oxygens (including phenoxy) is 1. The van der Waals surface area contributed by atoms with Crippen molar-refractivity contribution < 1.29 is 9.53 Å². The van der Waals surface area contributed by atoms with E-state index in [0.29, 0.717) is 25.3 Å². The Labute approximate surface area is 160 Å². The Morgan fingerprint density at radius 2 is 1.85 bits per heavy atom. The number of carbonyl (C=O) groups is 1. The Morgan fingerprint density at radius 1 is 1.07 bits per heavy atom. The number of hydrogen-bond acceptors (Lipinski definition) is 3. The van der Waals surface area contributed by atoms with Crippen LogP contribution in [0, 0.1) is 0 Å². The van der Waals surface area contributed by atoms with E-state index < -0.39 is 0 Å². The summed E-state index contributed by atoms with van der Waals surface area (Å²) in [6, 6.07) is 17.9. The lowest BCUT2D eigenvalue weighted by molar-refractivity contribution is 0.0949.